The van der Waals surface area contributed by atoms with E-state index in [1.54, 1.807) is 18.4 Å². The number of anilines is 1. The summed E-state index contributed by atoms with van der Waals surface area (Å²) < 4.78 is 6.57. The lowest BCUT2D eigenvalue weighted by Gasteiger charge is -2.23. The molecule has 0 spiro atoms. The smallest absolute Gasteiger partial charge is 0.233 e. The molecule has 31 heavy (non-hydrogen) atoms. The predicted molar refractivity (Wildman–Crippen MR) is 133 cm³/mol. The normalized spacial score (nSPS) is 11.0. The van der Waals surface area contributed by atoms with Crippen LogP contribution in [0.4, 0.5) is 5.13 Å². The first-order valence-corrected chi connectivity index (χ1v) is 11.0. The number of likely N-dealkylation sites (N-methyl/N-ethyl adjacent to an activating group) is 1. The van der Waals surface area contributed by atoms with Gasteiger partial charge in [0.05, 0.1) is 18.2 Å². The molecule has 7 heteroatoms. The van der Waals surface area contributed by atoms with Crippen LogP contribution in [0.3, 0.4) is 0 Å². The molecule has 3 rings (SSSR count). The van der Waals surface area contributed by atoms with Crippen molar-refractivity contribution >= 4 is 45.0 Å². The van der Waals surface area contributed by atoms with Crippen molar-refractivity contribution in [1.29, 1.82) is 0 Å². The van der Waals surface area contributed by atoms with E-state index in [9.17, 15) is 4.79 Å². The molecule has 0 saturated carbocycles. The minimum atomic E-state index is 0. The maximum Gasteiger partial charge on any atom is 0.233 e. The van der Waals surface area contributed by atoms with E-state index in [-0.39, 0.29) is 18.3 Å². The minimum absolute atomic E-state index is 0. The summed E-state index contributed by atoms with van der Waals surface area (Å²) in [6, 6.07) is 8.26. The highest BCUT2D eigenvalue weighted by atomic mass is 35.5. The van der Waals surface area contributed by atoms with Crippen LogP contribution >= 0.6 is 23.7 Å². The zero-order valence-corrected chi connectivity index (χ0v) is 21.0. The molecule has 1 aromatic heterocycles. The van der Waals surface area contributed by atoms with E-state index in [2.05, 4.69) is 44.7 Å². The molecule has 3 aromatic rings. The van der Waals surface area contributed by atoms with Crippen LogP contribution in [0.2, 0.25) is 0 Å². The second-order valence-corrected chi connectivity index (χ2v) is 9.14. The van der Waals surface area contributed by atoms with Crippen LogP contribution in [0.1, 0.15) is 27.8 Å². The third kappa shape index (κ3) is 5.56. The Balaban J connectivity index is 0.00000341. The Bertz CT molecular complexity index is 1060. The summed E-state index contributed by atoms with van der Waals surface area (Å²) in [7, 11) is 5.69. The number of thiazole rings is 1. The summed E-state index contributed by atoms with van der Waals surface area (Å²) in [5.74, 6) is 0.811. The van der Waals surface area contributed by atoms with Gasteiger partial charge in [-0.25, -0.2) is 4.98 Å². The third-order valence-corrected chi connectivity index (χ3v) is 6.60. The maximum absolute atomic E-state index is 13.5. The highest BCUT2D eigenvalue weighted by molar-refractivity contribution is 7.22. The number of halogens is 1. The molecule has 1 amide bonds. The van der Waals surface area contributed by atoms with Gasteiger partial charge >= 0.3 is 0 Å². The first-order chi connectivity index (χ1) is 14.2. The van der Waals surface area contributed by atoms with Crippen molar-refractivity contribution in [1.82, 2.24) is 9.88 Å². The molecular formula is C24H32ClN3O2S. The summed E-state index contributed by atoms with van der Waals surface area (Å²) in [5, 5.41) is 0.729. The molecule has 0 aliphatic heterocycles. The Hall–Kier alpha value is -2.15. The number of nitrogens with zero attached hydrogens (tertiary/aromatic N) is 3. The predicted octanol–water partition coefficient (Wildman–Crippen LogP) is 5.10. The number of hydrogen-bond donors (Lipinski definition) is 0. The van der Waals surface area contributed by atoms with E-state index < -0.39 is 0 Å². The second-order valence-electron chi connectivity index (χ2n) is 8.16. The number of benzene rings is 2. The third-order valence-electron chi connectivity index (χ3n) is 5.38. The van der Waals surface area contributed by atoms with Gasteiger partial charge in [0.25, 0.3) is 0 Å². The molecule has 0 N–H and O–H groups in total. The molecule has 0 fully saturated rings. The average molecular weight is 462 g/mol. The van der Waals surface area contributed by atoms with Gasteiger partial charge in [0.1, 0.15) is 11.3 Å². The van der Waals surface area contributed by atoms with Crippen molar-refractivity contribution in [3.05, 3.63) is 52.1 Å². The van der Waals surface area contributed by atoms with E-state index in [1.807, 2.05) is 31.1 Å². The Labute approximate surface area is 195 Å². The van der Waals surface area contributed by atoms with Gasteiger partial charge in [-0.1, -0.05) is 35.1 Å². The van der Waals surface area contributed by atoms with E-state index in [0.717, 1.165) is 49.9 Å². The highest BCUT2D eigenvalue weighted by Crippen LogP contribution is 2.36. The summed E-state index contributed by atoms with van der Waals surface area (Å²) in [6.07, 6.45) is 0.372. The number of carbonyl (C=O) groups is 1. The lowest BCUT2D eigenvalue weighted by atomic mass is 9.97. The van der Waals surface area contributed by atoms with Crippen LogP contribution < -0.4 is 9.64 Å². The van der Waals surface area contributed by atoms with Crippen LogP contribution in [0.25, 0.3) is 10.2 Å². The SMILES string of the molecule is COc1ccc(C)c2sc(N(CCN(C)C)C(=O)Cc3c(C)cc(C)cc3C)nc12.Cl. The van der Waals surface area contributed by atoms with Crippen LogP contribution in [0.5, 0.6) is 5.75 Å². The zero-order valence-electron chi connectivity index (χ0n) is 19.4. The summed E-state index contributed by atoms with van der Waals surface area (Å²) in [4.78, 5) is 22.2. The van der Waals surface area contributed by atoms with Gasteiger partial charge in [-0.3, -0.25) is 9.69 Å². The number of aromatic nitrogens is 1. The fourth-order valence-corrected chi connectivity index (χ4v) is 4.84. The Kier molecular flexibility index (Phi) is 8.46. The van der Waals surface area contributed by atoms with Crippen LogP contribution in [0, 0.1) is 27.7 Å². The molecule has 0 bridgehead atoms. The van der Waals surface area contributed by atoms with E-state index in [0.29, 0.717) is 13.0 Å². The van der Waals surface area contributed by atoms with Gasteiger partial charge < -0.3 is 9.64 Å². The summed E-state index contributed by atoms with van der Waals surface area (Å²) in [5.41, 5.74) is 6.61. The zero-order chi connectivity index (χ0) is 22.0. The van der Waals surface area contributed by atoms with Crippen molar-refractivity contribution < 1.29 is 9.53 Å². The first kappa shape index (κ1) is 25.1. The first-order valence-electron chi connectivity index (χ1n) is 10.2. The van der Waals surface area contributed by atoms with Crippen LogP contribution in [-0.2, 0) is 11.2 Å². The number of carbonyl (C=O) groups excluding carboxylic acids is 1. The molecular weight excluding hydrogens is 430 g/mol. The largest absolute Gasteiger partial charge is 0.494 e. The highest BCUT2D eigenvalue weighted by Gasteiger charge is 2.23. The molecule has 5 nitrogen and oxygen atoms in total. The van der Waals surface area contributed by atoms with Crippen molar-refractivity contribution in [2.24, 2.45) is 0 Å². The molecule has 168 valence electrons. The molecule has 0 saturated heterocycles. The van der Waals surface area contributed by atoms with Gasteiger partial charge in [0, 0.05) is 13.1 Å². The summed E-state index contributed by atoms with van der Waals surface area (Å²) >= 11 is 1.56. The molecule has 2 aromatic carbocycles. The Morgan fingerprint density at radius 1 is 1.03 bits per heavy atom. The second kappa shape index (κ2) is 10.4. The number of fused-ring (bicyclic) bond motifs is 1. The van der Waals surface area contributed by atoms with Gasteiger partial charge in [-0.15, -0.1) is 12.4 Å². The number of rotatable bonds is 7. The van der Waals surface area contributed by atoms with E-state index in [1.165, 1.54) is 5.56 Å². The van der Waals surface area contributed by atoms with E-state index >= 15 is 0 Å². The molecule has 0 aliphatic rings. The minimum Gasteiger partial charge on any atom is -0.494 e. The number of aryl methyl sites for hydroxylation is 4. The van der Waals surface area contributed by atoms with Crippen LogP contribution in [0.15, 0.2) is 24.3 Å². The van der Waals surface area contributed by atoms with Crippen molar-refractivity contribution in [3.63, 3.8) is 0 Å². The maximum atomic E-state index is 13.5. The number of methoxy groups -OCH3 is 1. The number of amides is 1. The van der Waals surface area contributed by atoms with Crippen molar-refractivity contribution in [3.8, 4) is 5.75 Å². The molecule has 1 heterocycles. The standard InChI is InChI=1S/C24H31N3O2S.ClH/c1-15-12-17(3)19(18(4)13-15)14-21(28)27(11-10-26(5)6)24-25-22-20(29-7)9-8-16(2)23(22)30-24;/h8-9,12-13H,10-11,14H2,1-7H3;1H. The molecule has 0 unspecified atom stereocenters. The lowest BCUT2D eigenvalue weighted by molar-refractivity contribution is -0.118. The lowest BCUT2D eigenvalue weighted by Crippen LogP contribution is -2.37. The van der Waals surface area contributed by atoms with Gasteiger partial charge in [0.2, 0.25) is 5.91 Å². The molecule has 0 aliphatic carbocycles. The quantitative estimate of drug-likeness (QED) is 0.491. The fraction of sp³-hybridized carbons (Fsp3) is 0.417. The molecule has 0 atom stereocenters. The topological polar surface area (TPSA) is 45.7 Å². The monoisotopic (exact) mass is 461 g/mol. The van der Waals surface area contributed by atoms with E-state index in [4.69, 9.17) is 9.72 Å². The Morgan fingerprint density at radius 3 is 2.26 bits per heavy atom. The van der Waals surface area contributed by atoms with Gasteiger partial charge in [-0.05, 0) is 70.1 Å². The van der Waals surface area contributed by atoms with Crippen molar-refractivity contribution in [2.45, 2.75) is 34.1 Å². The van der Waals surface area contributed by atoms with Gasteiger partial charge in [-0.2, -0.15) is 0 Å². The average Bonchev–Trinajstić information content (AvgIpc) is 3.11. The molecule has 0 radical (unpaired) electrons. The fourth-order valence-electron chi connectivity index (χ4n) is 3.74. The Morgan fingerprint density at radius 2 is 1.68 bits per heavy atom. The number of ether oxygens (including phenoxy) is 1. The van der Waals surface area contributed by atoms with Gasteiger partial charge in [0.15, 0.2) is 5.13 Å². The van der Waals surface area contributed by atoms with Crippen molar-refractivity contribution in [2.75, 3.05) is 39.2 Å². The van der Waals surface area contributed by atoms with Crippen LogP contribution in [-0.4, -0.2) is 50.1 Å². The number of hydrogen-bond acceptors (Lipinski definition) is 5. The summed E-state index contributed by atoms with van der Waals surface area (Å²) in [6.45, 7) is 9.68.